The van der Waals surface area contributed by atoms with E-state index >= 15 is 0 Å². The van der Waals surface area contributed by atoms with Crippen LogP contribution in [0.3, 0.4) is 0 Å². The van der Waals surface area contributed by atoms with Crippen LogP contribution in [0.1, 0.15) is 35.7 Å². The fourth-order valence-corrected chi connectivity index (χ4v) is 4.92. The van der Waals surface area contributed by atoms with Crippen LogP contribution in [-0.4, -0.2) is 44.6 Å². The van der Waals surface area contributed by atoms with Gasteiger partial charge in [-0.3, -0.25) is 9.59 Å². The molecule has 2 aromatic carbocycles. The molecule has 0 unspecified atom stereocenters. The molecule has 7 nitrogen and oxygen atoms in total. The summed E-state index contributed by atoms with van der Waals surface area (Å²) in [5.74, 6) is 0.374. The lowest BCUT2D eigenvalue weighted by molar-refractivity contribution is -0.126. The second kappa shape index (κ2) is 9.40. The number of hydrogen-bond acceptors (Lipinski definition) is 5. The van der Waals surface area contributed by atoms with Gasteiger partial charge in [-0.05, 0) is 49.6 Å². The van der Waals surface area contributed by atoms with Crippen LogP contribution in [0, 0.1) is 5.92 Å². The lowest BCUT2D eigenvalue weighted by Crippen LogP contribution is -2.42. The number of nitrogens with zero attached hydrogens (tertiary/aromatic N) is 1. The third-order valence-electron chi connectivity index (χ3n) is 5.35. The molecule has 0 saturated carbocycles. The van der Waals surface area contributed by atoms with Gasteiger partial charge in [0.25, 0.3) is 0 Å². The second-order valence-corrected chi connectivity index (χ2v) is 9.26. The van der Waals surface area contributed by atoms with Crippen molar-refractivity contribution in [3.8, 4) is 5.75 Å². The van der Waals surface area contributed by atoms with Gasteiger partial charge in [0.2, 0.25) is 15.9 Å². The molecule has 0 radical (unpaired) electrons. The molecule has 0 spiro atoms. The summed E-state index contributed by atoms with van der Waals surface area (Å²) in [5.41, 5.74) is 1.44. The van der Waals surface area contributed by atoms with Gasteiger partial charge in [0.05, 0.1) is 12.0 Å². The van der Waals surface area contributed by atoms with Crippen LogP contribution >= 0.6 is 0 Å². The van der Waals surface area contributed by atoms with E-state index in [0.29, 0.717) is 24.9 Å². The van der Waals surface area contributed by atoms with Crippen molar-refractivity contribution in [2.75, 3.05) is 20.2 Å². The van der Waals surface area contributed by atoms with E-state index < -0.39 is 10.0 Å². The number of amides is 1. The number of piperidine rings is 1. The normalized spacial score (nSPS) is 15.5. The molecule has 1 amide bonds. The molecule has 1 N–H and O–H groups in total. The summed E-state index contributed by atoms with van der Waals surface area (Å²) in [7, 11) is -2.04. The van der Waals surface area contributed by atoms with Crippen LogP contribution in [0.15, 0.2) is 53.4 Å². The van der Waals surface area contributed by atoms with E-state index in [-0.39, 0.29) is 35.6 Å². The van der Waals surface area contributed by atoms with Crippen molar-refractivity contribution in [2.24, 2.45) is 5.92 Å². The van der Waals surface area contributed by atoms with Gasteiger partial charge in [0.1, 0.15) is 5.75 Å². The summed E-state index contributed by atoms with van der Waals surface area (Å²) < 4.78 is 32.2. The van der Waals surface area contributed by atoms with Crippen LogP contribution in [-0.2, 0) is 21.4 Å². The first-order valence-corrected chi connectivity index (χ1v) is 11.3. The fraction of sp³-hybridized carbons (Fsp3) is 0.364. The van der Waals surface area contributed by atoms with Crippen LogP contribution in [0.5, 0.6) is 5.75 Å². The molecule has 1 heterocycles. The van der Waals surface area contributed by atoms with Gasteiger partial charge in [-0.2, -0.15) is 4.31 Å². The summed E-state index contributed by atoms with van der Waals surface area (Å²) in [6.07, 6.45) is 0.943. The molecule has 0 aromatic heterocycles. The largest absolute Gasteiger partial charge is 0.497 e. The number of benzene rings is 2. The number of hydrogen-bond donors (Lipinski definition) is 1. The Labute approximate surface area is 177 Å². The van der Waals surface area contributed by atoms with Gasteiger partial charge in [-0.15, -0.1) is 0 Å². The molecule has 3 rings (SSSR count). The molecule has 2 aromatic rings. The van der Waals surface area contributed by atoms with E-state index in [2.05, 4.69) is 5.32 Å². The SMILES string of the molecule is COc1ccc(CNC(=O)C2CCN(S(=O)(=O)c3ccc(C(C)=O)cc3)CC2)cc1. The first-order valence-electron chi connectivity index (χ1n) is 9.83. The first kappa shape index (κ1) is 22.0. The first-order chi connectivity index (χ1) is 14.3. The Morgan fingerprint density at radius 3 is 2.17 bits per heavy atom. The van der Waals surface area contributed by atoms with E-state index in [0.717, 1.165) is 11.3 Å². The number of ether oxygens (including phenoxy) is 1. The average molecular weight is 431 g/mol. The highest BCUT2D eigenvalue weighted by Crippen LogP contribution is 2.24. The van der Waals surface area contributed by atoms with Gasteiger partial charge >= 0.3 is 0 Å². The third-order valence-corrected chi connectivity index (χ3v) is 7.26. The zero-order valence-corrected chi connectivity index (χ0v) is 17.9. The average Bonchev–Trinajstić information content (AvgIpc) is 2.78. The van der Waals surface area contributed by atoms with Crippen molar-refractivity contribution in [1.82, 2.24) is 9.62 Å². The van der Waals surface area contributed by atoms with E-state index in [1.165, 1.54) is 35.5 Å². The van der Waals surface area contributed by atoms with Crippen LogP contribution in [0.2, 0.25) is 0 Å². The van der Waals surface area contributed by atoms with Crippen LogP contribution < -0.4 is 10.1 Å². The Morgan fingerprint density at radius 2 is 1.63 bits per heavy atom. The van der Waals surface area contributed by atoms with Crippen molar-refractivity contribution in [3.05, 3.63) is 59.7 Å². The van der Waals surface area contributed by atoms with Crippen LogP contribution in [0.25, 0.3) is 0 Å². The quantitative estimate of drug-likeness (QED) is 0.682. The second-order valence-electron chi connectivity index (χ2n) is 7.32. The standard InChI is InChI=1S/C22H26N2O5S/c1-16(25)18-5-9-21(10-6-18)30(27,28)24-13-11-19(12-14-24)22(26)23-15-17-3-7-20(29-2)8-4-17/h3-10,19H,11-15H2,1-2H3,(H,23,26). The maximum atomic E-state index is 12.8. The molecule has 160 valence electrons. The summed E-state index contributed by atoms with van der Waals surface area (Å²) >= 11 is 0. The molecule has 0 aliphatic carbocycles. The number of carbonyl (C=O) groups excluding carboxylic acids is 2. The highest BCUT2D eigenvalue weighted by molar-refractivity contribution is 7.89. The monoisotopic (exact) mass is 430 g/mol. The molecule has 1 fully saturated rings. The zero-order valence-electron chi connectivity index (χ0n) is 17.1. The summed E-state index contributed by atoms with van der Waals surface area (Å²) in [4.78, 5) is 24.0. The van der Waals surface area contributed by atoms with E-state index in [9.17, 15) is 18.0 Å². The number of methoxy groups -OCH3 is 1. The number of ketones is 1. The Morgan fingerprint density at radius 1 is 1.03 bits per heavy atom. The minimum absolute atomic E-state index is 0.0614. The predicted octanol–water partition coefficient (Wildman–Crippen LogP) is 2.61. The third kappa shape index (κ3) is 5.06. The molecule has 1 aliphatic rings. The molecular formula is C22H26N2O5S. The van der Waals surface area contributed by atoms with Crippen molar-refractivity contribution in [1.29, 1.82) is 0 Å². The van der Waals surface area contributed by atoms with Crippen molar-refractivity contribution in [2.45, 2.75) is 31.2 Å². The number of Topliss-reactive ketones (excluding diaryl/α,β-unsaturated/α-hetero) is 1. The molecule has 0 bridgehead atoms. The lowest BCUT2D eigenvalue weighted by Gasteiger charge is -2.30. The highest BCUT2D eigenvalue weighted by atomic mass is 32.2. The van der Waals surface area contributed by atoms with Crippen molar-refractivity contribution < 1.29 is 22.7 Å². The summed E-state index contributed by atoms with van der Waals surface area (Å²) in [6.45, 7) is 2.44. The summed E-state index contributed by atoms with van der Waals surface area (Å²) in [5, 5.41) is 2.93. The molecule has 8 heteroatoms. The minimum atomic E-state index is -3.64. The Kier molecular flexibility index (Phi) is 6.89. The topological polar surface area (TPSA) is 92.8 Å². The van der Waals surface area contributed by atoms with Gasteiger partial charge in [0, 0.05) is 31.1 Å². The minimum Gasteiger partial charge on any atom is -0.497 e. The number of rotatable bonds is 7. The zero-order chi connectivity index (χ0) is 21.7. The van der Waals surface area contributed by atoms with Gasteiger partial charge < -0.3 is 10.1 Å². The van der Waals surface area contributed by atoms with Gasteiger partial charge in [-0.25, -0.2) is 8.42 Å². The number of carbonyl (C=O) groups is 2. The van der Waals surface area contributed by atoms with E-state index in [1.807, 2.05) is 24.3 Å². The van der Waals surface area contributed by atoms with Gasteiger partial charge in [-0.1, -0.05) is 24.3 Å². The Hall–Kier alpha value is -2.71. The van der Waals surface area contributed by atoms with E-state index in [4.69, 9.17) is 4.74 Å². The fourth-order valence-electron chi connectivity index (χ4n) is 3.45. The lowest BCUT2D eigenvalue weighted by atomic mass is 9.97. The predicted molar refractivity (Wildman–Crippen MR) is 113 cm³/mol. The maximum Gasteiger partial charge on any atom is 0.243 e. The molecule has 30 heavy (non-hydrogen) atoms. The van der Waals surface area contributed by atoms with E-state index in [1.54, 1.807) is 7.11 Å². The van der Waals surface area contributed by atoms with Crippen molar-refractivity contribution in [3.63, 3.8) is 0 Å². The molecule has 1 aliphatic heterocycles. The number of nitrogens with one attached hydrogen (secondary N) is 1. The maximum absolute atomic E-state index is 12.8. The van der Waals surface area contributed by atoms with Crippen molar-refractivity contribution >= 4 is 21.7 Å². The Bertz CT molecular complexity index is 993. The van der Waals surface area contributed by atoms with Gasteiger partial charge in [0.15, 0.2) is 5.78 Å². The Balaban J connectivity index is 1.54. The highest BCUT2D eigenvalue weighted by Gasteiger charge is 2.32. The molecular weight excluding hydrogens is 404 g/mol. The summed E-state index contributed by atoms with van der Waals surface area (Å²) in [6, 6.07) is 13.4. The molecule has 0 atom stereocenters. The number of sulfonamides is 1. The molecule has 1 saturated heterocycles. The van der Waals surface area contributed by atoms with Crippen LogP contribution in [0.4, 0.5) is 0 Å². The smallest absolute Gasteiger partial charge is 0.243 e.